The minimum atomic E-state index is -0.0151. The topological polar surface area (TPSA) is 80.7 Å². The second-order valence-corrected chi connectivity index (χ2v) is 3.69. The second-order valence-electron chi connectivity index (χ2n) is 3.69. The Balaban J connectivity index is 2.46. The number of imidazole rings is 1. The standard InChI is InChI=1S/C11H16N4/c1-2-8(13)11-14-9-4-3-7(6-12)5-10(9)15-11/h3-5,8H,2,6,12-13H2,1H3,(H,14,15). The lowest BCUT2D eigenvalue weighted by Gasteiger charge is -2.02. The third-order valence-electron chi connectivity index (χ3n) is 2.59. The molecule has 0 saturated carbocycles. The Kier molecular flexibility index (Phi) is 2.70. The summed E-state index contributed by atoms with van der Waals surface area (Å²) in [5.74, 6) is 0.849. The summed E-state index contributed by atoms with van der Waals surface area (Å²) in [4.78, 5) is 7.67. The molecule has 4 nitrogen and oxygen atoms in total. The fourth-order valence-electron chi connectivity index (χ4n) is 1.57. The molecule has 1 aromatic carbocycles. The third kappa shape index (κ3) is 1.86. The van der Waals surface area contributed by atoms with Crippen molar-refractivity contribution in [1.29, 1.82) is 0 Å². The van der Waals surface area contributed by atoms with Crippen LogP contribution in [0.4, 0.5) is 0 Å². The Morgan fingerprint density at radius 1 is 1.47 bits per heavy atom. The summed E-state index contributed by atoms with van der Waals surface area (Å²) >= 11 is 0. The van der Waals surface area contributed by atoms with Crippen LogP contribution in [0.3, 0.4) is 0 Å². The molecule has 0 aliphatic carbocycles. The Bertz CT molecular complexity index is 461. The minimum absolute atomic E-state index is 0.0151. The van der Waals surface area contributed by atoms with Gasteiger partial charge in [0.15, 0.2) is 0 Å². The molecule has 80 valence electrons. The van der Waals surface area contributed by atoms with Gasteiger partial charge in [-0.05, 0) is 24.1 Å². The van der Waals surface area contributed by atoms with Gasteiger partial charge in [-0.15, -0.1) is 0 Å². The van der Waals surface area contributed by atoms with Gasteiger partial charge in [-0.3, -0.25) is 0 Å². The molecule has 5 N–H and O–H groups in total. The number of aromatic amines is 1. The molecular formula is C11H16N4. The Hall–Kier alpha value is -1.39. The van der Waals surface area contributed by atoms with Crippen LogP contribution in [0.5, 0.6) is 0 Å². The summed E-state index contributed by atoms with van der Waals surface area (Å²) < 4.78 is 0. The van der Waals surface area contributed by atoms with Gasteiger partial charge in [0, 0.05) is 6.54 Å². The largest absolute Gasteiger partial charge is 0.341 e. The van der Waals surface area contributed by atoms with Gasteiger partial charge in [0.05, 0.1) is 17.1 Å². The van der Waals surface area contributed by atoms with E-state index < -0.39 is 0 Å². The molecule has 2 rings (SSSR count). The molecule has 0 bridgehead atoms. The Labute approximate surface area is 88.7 Å². The maximum atomic E-state index is 5.91. The monoisotopic (exact) mass is 204 g/mol. The molecule has 0 saturated heterocycles. The maximum Gasteiger partial charge on any atom is 0.124 e. The third-order valence-corrected chi connectivity index (χ3v) is 2.59. The van der Waals surface area contributed by atoms with Crippen molar-refractivity contribution in [2.45, 2.75) is 25.9 Å². The van der Waals surface area contributed by atoms with Gasteiger partial charge in [0.1, 0.15) is 5.82 Å². The van der Waals surface area contributed by atoms with Gasteiger partial charge in [-0.1, -0.05) is 13.0 Å². The lowest BCUT2D eigenvalue weighted by Crippen LogP contribution is -2.10. The first-order valence-corrected chi connectivity index (χ1v) is 5.18. The number of H-pyrrole nitrogens is 1. The molecule has 0 aliphatic rings. The first-order chi connectivity index (χ1) is 7.24. The Morgan fingerprint density at radius 2 is 2.27 bits per heavy atom. The van der Waals surface area contributed by atoms with E-state index in [-0.39, 0.29) is 6.04 Å². The van der Waals surface area contributed by atoms with Crippen LogP contribution < -0.4 is 11.5 Å². The number of rotatable bonds is 3. The highest BCUT2D eigenvalue weighted by Crippen LogP contribution is 2.17. The van der Waals surface area contributed by atoms with Gasteiger partial charge in [-0.2, -0.15) is 0 Å². The number of hydrogen-bond donors (Lipinski definition) is 3. The zero-order valence-corrected chi connectivity index (χ0v) is 8.83. The van der Waals surface area contributed by atoms with Crippen LogP contribution in [0.15, 0.2) is 18.2 Å². The van der Waals surface area contributed by atoms with E-state index in [9.17, 15) is 0 Å². The number of hydrogen-bond acceptors (Lipinski definition) is 3. The summed E-state index contributed by atoms with van der Waals surface area (Å²) in [6.07, 6.45) is 0.879. The number of benzene rings is 1. The van der Waals surface area contributed by atoms with Gasteiger partial charge < -0.3 is 16.5 Å². The van der Waals surface area contributed by atoms with Crippen LogP contribution in [0.25, 0.3) is 11.0 Å². The maximum absolute atomic E-state index is 5.91. The highest BCUT2D eigenvalue weighted by molar-refractivity contribution is 5.75. The lowest BCUT2D eigenvalue weighted by atomic mass is 10.2. The zero-order valence-electron chi connectivity index (χ0n) is 8.83. The minimum Gasteiger partial charge on any atom is -0.341 e. The van der Waals surface area contributed by atoms with E-state index in [4.69, 9.17) is 11.5 Å². The van der Waals surface area contributed by atoms with Crippen LogP contribution in [-0.2, 0) is 6.54 Å². The van der Waals surface area contributed by atoms with Crippen molar-refractivity contribution in [2.24, 2.45) is 11.5 Å². The molecule has 0 spiro atoms. The molecule has 0 radical (unpaired) electrons. The molecule has 0 amide bonds. The van der Waals surface area contributed by atoms with E-state index in [0.717, 1.165) is 28.8 Å². The molecular weight excluding hydrogens is 188 g/mol. The number of aromatic nitrogens is 2. The zero-order chi connectivity index (χ0) is 10.8. The number of nitrogens with zero attached hydrogens (tertiary/aromatic N) is 1. The van der Waals surface area contributed by atoms with Crippen molar-refractivity contribution < 1.29 is 0 Å². The van der Waals surface area contributed by atoms with Crippen LogP contribution in [0, 0.1) is 0 Å². The van der Waals surface area contributed by atoms with Gasteiger partial charge in [0.2, 0.25) is 0 Å². The van der Waals surface area contributed by atoms with E-state index in [1.165, 1.54) is 0 Å². The average Bonchev–Trinajstić information content (AvgIpc) is 2.70. The lowest BCUT2D eigenvalue weighted by molar-refractivity contribution is 0.660. The number of nitrogens with one attached hydrogen (secondary N) is 1. The number of nitrogens with two attached hydrogens (primary N) is 2. The van der Waals surface area contributed by atoms with E-state index in [0.29, 0.717) is 6.54 Å². The van der Waals surface area contributed by atoms with E-state index in [1.807, 2.05) is 25.1 Å². The normalized spacial score (nSPS) is 13.3. The molecule has 1 atom stereocenters. The summed E-state index contributed by atoms with van der Waals surface area (Å²) in [6.45, 7) is 2.59. The van der Waals surface area contributed by atoms with Crippen LogP contribution in [0.2, 0.25) is 0 Å². The fraction of sp³-hybridized carbons (Fsp3) is 0.364. The van der Waals surface area contributed by atoms with E-state index in [2.05, 4.69) is 9.97 Å². The summed E-state index contributed by atoms with van der Waals surface area (Å²) in [5, 5.41) is 0. The van der Waals surface area contributed by atoms with E-state index in [1.54, 1.807) is 0 Å². The highest BCUT2D eigenvalue weighted by atomic mass is 15.0. The first-order valence-electron chi connectivity index (χ1n) is 5.18. The molecule has 1 unspecified atom stereocenters. The van der Waals surface area contributed by atoms with Crippen molar-refractivity contribution in [1.82, 2.24) is 9.97 Å². The van der Waals surface area contributed by atoms with Crippen LogP contribution in [0.1, 0.15) is 30.8 Å². The molecule has 0 aliphatic heterocycles. The van der Waals surface area contributed by atoms with Crippen molar-refractivity contribution in [3.8, 4) is 0 Å². The van der Waals surface area contributed by atoms with Crippen molar-refractivity contribution in [3.05, 3.63) is 29.6 Å². The van der Waals surface area contributed by atoms with Crippen molar-refractivity contribution in [2.75, 3.05) is 0 Å². The molecule has 1 heterocycles. The molecule has 2 aromatic rings. The van der Waals surface area contributed by atoms with Crippen molar-refractivity contribution in [3.63, 3.8) is 0 Å². The van der Waals surface area contributed by atoms with Gasteiger partial charge in [0.25, 0.3) is 0 Å². The van der Waals surface area contributed by atoms with Crippen molar-refractivity contribution >= 4 is 11.0 Å². The molecule has 1 aromatic heterocycles. The summed E-state index contributed by atoms with van der Waals surface area (Å²) in [7, 11) is 0. The molecule has 4 heteroatoms. The number of fused-ring (bicyclic) bond motifs is 1. The first kappa shape index (κ1) is 10.1. The predicted molar refractivity (Wildman–Crippen MR) is 61.2 cm³/mol. The molecule has 0 fully saturated rings. The van der Waals surface area contributed by atoms with Gasteiger partial charge >= 0.3 is 0 Å². The SMILES string of the molecule is CCC(N)c1nc2ccc(CN)cc2[nH]1. The fourth-order valence-corrected chi connectivity index (χ4v) is 1.57. The Morgan fingerprint density at radius 3 is 2.93 bits per heavy atom. The smallest absolute Gasteiger partial charge is 0.124 e. The van der Waals surface area contributed by atoms with E-state index >= 15 is 0 Å². The highest BCUT2D eigenvalue weighted by Gasteiger charge is 2.08. The second kappa shape index (κ2) is 4.00. The van der Waals surface area contributed by atoms with Crippen LogP contribution in [-0.4, -0.2) is 9.97 Å². The van der Waals surface area contributed by atoms with Gasteiger partial charge in [-0.25, -0.2) is 4.98 Å². The summed E-state index contributed by atoms with van der Waals surface area (Å²) in [6, 6.07) is 5.97. The quantitative estimate of drug-likeness (QED) is 0.707. The summed E-state index contributed by atoms with van der Waals surface area (Å²) in [5.41, 5.74) is 14.5. The molecule has 15 heavy (non-hydrogen) atoms. The van der Waals surface area contributed by atoms with Crippen LogP contribution >= 0.6 is 0 Å². The predicted octanol–water partition coefficient (Wildman–Crippen LogP) is 1.43. The average molecular weight is 204 g/mol.